The van der Waals surface area contributed by atoms with Gasteiger partial charge in [-0.15, -0.1) is 21.5 Å². The van der Waals surface area contributed by atoms with Crippen LogP contribution >= 0.6 is 23.1 Å². The normalized spacial score (nSPS) is 15.4. The summed E-state index contributed by atoms with van der Waals surface area (Å²) < 4.78 is 2.25. The van der Waals surface area contributed by atoms with Gasteiger partial charge in [-0.25, -0.2) is 0 Å². The zero-order valence-electron chi connectivity index (χ0n) is 17.8. The highest BCUT2D eigenvalue weighted by molar-refractivity contribution is 8.00. The number of carbonyl (C=O) groups excluding carboxylic acids is 1. The summed E-state index contributed by atoms with van der Waals surface area (Å²) in [5.74, 6) is 0.770. The minimum absolute atomic E-state index is 0.00993. The first-order chi connectivity index (χ1) is 15.5. The first kappa shape index (κ1) is 22.5. The molecule has 1 N–H and O–H groups in total. The van der Waals surface area contributed by atoms with Gasteiger partial charge in [0.15, 0.2) is 5.16 Å². The van der Waals surface area contributed by atoms with Gasteiger partial charge in [-0.3, -0.25) is 14.9 Å². The first-order valence-corrected chi connectivity index (χ1v) is 12.5. The summed E-state index contributed by atoms with van der Waals surface area (Å²) in [6, 6.07) is 10.3. The number of rotatable bonds is 8. The van der Waals surface area contributed by atoms with E-state index in [-0.39, 0.29) is 11.6 Å². The Morgan fingerprint density at radius 1 is 1.25 bits per heavy atom. The van der Waals surface area contributed by atoms with Gasteiger partial charge >= 0.3 is 0 Å². The Bertz CT molecular complexity index is 1060. The third-order valence-electron chi connectivity index (χ3n) is 5.58. The molecule has 2 aromatic heterocycles. The summed E-state index contributed by atoms with van der Waals surface area (Å²) in [6.45, 7) is 1.84. The Balaban J connectivity index is 1.48. The van der Waals surface area contributed by atoms with Gasteiger partial charge in [0.25, 0.3) is 5.69 Å². The second-order valence-electron chi connectivity index (χ2n) is 7.87. The topological polar surface area (TPSA) is 103 Å². The highest BCUT2D eigenvalue weighted by Crippen LogP contribution is 2.35. The summed E-state index contributed by atoms with van der Waals surface area (Å²) in [6.07, 6.45) is 6.60. The van der Waals surface area contributed by atoms with Crippen molar-refractivity contribution in [3.8, 4) is 0 Å². The summed E-state index contributed by atoms with van der Waals surface area (Å²) in [5.41, 5.74) is 0.518. The molecule has 168 valence electrons. The van der Waals surface area contributed by atoms with Gasteiger partial charge < -0.3 is 9.88 Å². The van der Waals surface area contributed by atoms with Crippen LogP contribution in [-0.2, 0) is 11.2 Å². The van der Waals surface area contributed by atoms with Gasteiger partial charge in [0.1, 0.15) is 5.82 Å². The van der Waals surface area contributed by atoms with Crippen LogP contribution in [-0.4, -0.2) is 30.8 Å². The monoisotopic (exact) mass is 471 g/mol. The lowest BCUT2D eigenvalue weighted by Gasteiger charge is -2.26. The third kappa shape index (κ3) is 5.36. The number of amides is 1. The molecule has 1 atom stereocenters. The van der Waals surface area contributed by atoms with Crippen LogP contribution in [0.25, 0.3) is 0 Å². The molecular weight excluding hydrogens is 446 g/mol. The van der Waals surface area contributed by atoms with Crippen molar-refractivity contribution in [3.63, 3.8) is 0 Å². The van der Waals surface area contributed by atoms with Gasteiger partial charge in [-0.1, -0.05) is 37.1 Å². The number of aromatic nitrogens is 3. The fraction of sp³-hybridized carbons (Fsp3) is 0.409. The number of nitrogens with zero attached hydrogens (tertiary/aromatic N) is 4. The fourth-order valence-corrected chi connectivity index (χ4v) is 5.54. The number of nitro benzene ring substituents is 1. The van der Waals surface area contributed by atoms with E-state index in [1.165, 1.54) is 60.2 Å². The van der Waals surface area contributed by atoms with E-state index in [0.717, 1.165) is 30.2 Å². The first-order valence-electron chi connectivity index (χ1n) is 10.7. The van der Waals surface area contributed by atoms with Crippen LogP contribution in [0.1, 0.15) is 55.8 Å². The largest absolute Gasteiger partial charge is 0.325 e. The molecule has 1 saturated carbocycles. The summed E-state index contributed by atoms with van der Waals surface area (Å²) in [5, 5.41) is 25.0. The van der Waals surface area contributed by atoms with Crippen LogP contribution in [0.2, 0.25) is 0 Å². The second-order valence-corrected chi connectivity index (χ2v) is 10.2. The van der Waals surface area contributed by atoms with Crippen LogP contribution in [0.4, 0.5) is 11.4 Å². The molecule has 4 rings (SSSR count). The zero-order valence-corrected chi connectivity index (χ0v) is 19.4. The molecule has 1 aliphatic rings. The predicted octanol–water partition coefficient (Wildman–Crippen LogP) is 5.46. The Labute approximate surface area is 194 Å². The van der Waals surface area contributed by atoms with Gasteiger partial charge in [-0.05, 0) is 43.3 Å². The van der Waals surface area contributed by atoms with Gasteiger partial charge in [0.05, 0.1) is 10.2 Å². The quantitative estimate of drug-likeness (QED) is 0.266. The number of non-ortho nitro benzene ring substituents is 1. The van der Waals surface area contributed by atoms with Crippen LogP contribution in [0.3, 0.4) is 0 Å². The molecular formula is C22H25N5O3S2. The van der Waals surface area contributed by atoms with E-state index < -0.39 is 10.2 Å². The average molecular weight is 472 g/mol. The van der Waals surface area contributed by atoms with Crippen molar-refractivity contribution in [3.05, 3.63) is 62.6 Å². The highest BCUT2D eigenvalue weighted by atomic mass is 32.2. The molecule has 1 fully saturated rings. The van der Waals surface area contributed by atoms with Crippen LogP contribution in [0, 0.1) is 10.1 Å². The number of thiophene rings is 1. The molecule has 0 spiro atoms. The van der Waals surface area contributed by atoms with Gasteiger partial charge in [-0.2, -0.15) is 0 Å². The fourth-order valence-electron chi connectivity index (χ4n) is 3.91. The number of hydrogen-bond acceptors (Lipinski definition) is 7. The van der Waals surface area contributed by atoms with Crippen LogP contribution in [0.15, 0.2) is 46.9 Å². The van der Waals surface area contributed by atoms with Crippen LogP contribution in [0.5, 0.6) is 0 Å². The minimum atomic E-state index is -0.462. The van der Waals surface area contributed by atoms with E-state index in [9.17, 15) is 14.9 Å². The molecule has 0 bridgehead atoms. The summed E-state index contributed by atoms with van der Waals surface area (Å²) in [7, 11) is 0. The highest BCUT2D eigenvalue weighted by Gasteiger charge is 2.26. The Kier molecular flexibility index (Phi) is 7.21. The molecule has 0 aliphatic heterocycles. The zero-order chi connectivity index (χ0) is 22.5. The third-order valence-corrected chi connectivity index (χ3v) is 7.52. The number of nitrogens with one attached hydrogen (secondary N) is 1. The number of nitro groups is 1. The van der Waals surface area contributed by atoms with E-state index in [0.29, 0.717) is 11.7 Å². The van der Waals surface area contributed by atoms with E-state index in [1.54, 1.807) is 11.3 Å². The summed E-state index contributed by atoms with van der Waals surface area (Å²) >= 11 is 3.12. The van der Waals surface area contributed by atoms with Crippen molar-refractivity contribution in [1.29, 1.82) is 0 Å². The number of benzene rings is 1. The molecule has 32 heavy (non-hydrogen) atoms. The maximum Gasteiger partial charge on any atom is 0.269 e. The molecule has 1 aliphatic carbocycles. The molecule has 0 saturated heterocycles. The summed E-state index contributed by atoms with van der Waals surface area (Å²) in [4.78, 5) is 24.4. The van der Waals surface area contributed by atoms with E-state index in [2.05, 4.69) is 31.5 Å². The van der Waals surface area contributed by atoms with E-state index in [4.69, 9.17) is 0 Å². The smallest absolute Gasteiger partial charge is 0.269 e. The Hall–Kier alpha value is -2.72. The van der Waals surface area contributed by atoms with Gasteiger partial charge in [0, 0.05) is 35.2 Å². The van der Waals surface area contributed by atoms with Crippen molar-refractivity contribution in [2.24, 2.45) is 0 Å². The van der Waals surface area contributed by atoms with Crippen molar-refractivity contribution >= 4 is 40.4 Å². The molecule has 1 aromatic carbocycles. The lowest BCUT2D eigenvalue weighted by atomic mass is 9.95. The molecule has 10 heteroatoms. The van der Waals surface area contributed by atoms with Crippen LogP contribution < -0.4 is 5.32 Å². The Morgan fingerprint density at radius 3 is 2.66 bits per heavy atom. The molecule has 0 radical (unpaired) electrons. The number of carbonyl (C=O) groups is 1. The van der Waals surface area contributed by atoms with Gasteiger partial charge in [0.2, 0.25) is 5.91 Å². The number of thioether (sulfide) groups is 1. The van der Waals surface area contributed by atoms with E-state index in [1.807, 2.05) is 13.0 Å². The maximum atomic E-state index is 12.8. The average Bonchev–Trinajstić information content (AvgIpc) is 3.45. The standard InChI is InChI=1S/C22H25N5O3S2/c1-15(21(28)23-16-9-11-18(12-10-16)27(29)30)32-22-25-24-20(14-19-8-5-13-31-19)26(22)17-6-3-2-4-7-17/h5,8-13,15,17H,2-4,6-7,14H2,1H3,(H,23,28). The maximum absolute atomic E-state index is 12.8. The molecule has 2 heterocycles. The number of anilines is 1. The van der Waals surface area contributed by atoms with Crippen molar-refractivity contribution in [2.75, 3.05) is 5.32 Å². The van der Waals surface area contributed by atoms with Crippen molar-refractivity contribution in [1.82, 2.24) is 14.8 Å². The second kappa shape index (κ2) is 10.3. The predicted molar refractivity (Wildman–Crippen MR) is 126 cm³/mol. The van der Waals surface area contributed by atoms with E-state index >= 15 is 0 Å². The molecule has 1 amide bonds. The minimum Gasteiger partial charge on any atom is -0.325 e. The SMILES string of the molecule is CC(Sc1nnc(Cc2cccs2)n1C1CCCCC1)C(=O)Nc1ccc([N+](=O)[O-])cc1. The number of hydrogen-bond donors (Lipinski definition) is 1. The molecule has 8 nitrogen and oxygen atoms in total. The lowest BCUT2D eigenvalue weighted by Crippen LogP contribution is -2.24. The lowest BCUT2D eigenvalue weighted by molar-refractivity contribution is -0.384. The molecule has 1 unspecified atom stereocenters. The Morgan fingerprint density at radius 2 is 2.00 bits per heavy atom. The molecule has 3 aromatic rings. The van der Waals surface area contributed by atoms with Crippen molar-refractivity contribution < 1.29 is 9.72 Å². The van der Waals surface area contributed by atoms with Crippen molar-refractivity contribution in [2.45, 2.75) is 61.9 Å².